The van der Waals surface area contributed by atoms with E-state index in [0.717, 1.165) is 40.1 Å². The molecule has 0 aliphatic carbocycles. The van der Waals surface area contributed by atoms with Crippen LogP contribution in [0.4, 0.5) is 10.1 Å². The minimum Gasteiger partial charge on any atom is -0.378 e. The van der Waals surface area contributed by atoms with Crippen molar-refractivity contribution in [3.8, 4) is 0 Å². The number of fused-ring (bicyclic) bond motifs is 1. The molecule has 8 nitrogen and oxygen atoms in total. The van der Waals surface area contributed by atoms with Crippen molar-refractivity contribution in [3.05, 3.63) is 72.1 Å². The Hall–Kier alpha value is -3.21. The highest BCUT2D eigenvalue weighted by molar-refractivity contribution is 7.92. The van der Waals surface area contributed by atoms with Gasteiger partial charge >= 0.3 is 0 Å². The number of H-pyrrole nitrogens is 1. The van der Waals surface area contributed by atoms with Crippen LogP contribution in [0.15, 0.2) is 65.8 Å². The minimum absolute atomic E-state index is 0.0355. The van der Waals surface area contributed by atoms with Gasteiger partial charge in [0.15, 0.2) is 15.0 Å². The van der Waals surface area contributed by atoms with E-state index in [0.29, 0.717) is 18.3 Å². The van der Waals surface area contributed by atoms with E-state index in [-0.39, 0.29) is 11.3 Å². The molecule has 0 spiro atoms. The molecular weight excluding hydrogens is 484 g/mol. The molecule has 0 radical (unpaired) electrons. The number of para-hydroxylation sites is 1. The van der Waals surface area contributed by atoms with Crippen LogP contribution in [0.5, 0.6) is 0 Å². The highest BCUT2D eigenvalue weighted by atomic mass is 32.2. The van der Waals surface area contributed by atoms with E-state index in [1.807, 2.05) is 31.2 Å². The number of rotatable bonds is 7. The molecule has 182 valence electrons. The number of carbonyl (C=O) groups is 1. The molecule has 1 unspecified atom stereocenters. The van der Waals surface area contributed by atoms with Crippen LogP contribution in [0, 0.1) is 6.92 Å². The first-order valence-electron chi connectivity index (χ1n) is 11.4. The molecule has 5 rings (SSSR count). The van der Waals surface area contributed by atoms with Crippen LogP contribution in [0.1, 0.15) is 11.1 Å². The van der Waals surface area contributed by atoms with Crippen molar-refractivity contribution in [1.29, 1.82) is 0 Å². The van der Waals surface area contributed by atoms with Gasteiger partial charge in [0, 0.05) is 36.6 Å². The molecule has 3 heterocycles. The molecule has 2 aromatic carbocycles. The van der Waals surface area contributed by atoms with Crippen LogP contribution in [0.2, 0.25) is 0 Å². The number of carbonyl (C=O) groups excluding carboxylic acids is 1. The first-order chi connectivity index (χ1) is 16.9. The summed E-state index contributed by atoms with van der Waals surface area (Å²) in [6.07, 6.45) is 3.51. The monoisotopic (exact) mass is 510 g/mol. The van der Waals surface area contributed by atoms with Gasteiger partial charge in [-0.15, -0.1) is 0 Å². The summed E-state index contributed by atoms with van der Waals surface area (Å²) in [6, 6.07) is 14.2. The van der Waals surface area contributed by atoms with Crippen molar-refractivity contribution in [2.24, 2.45) is 0 Å². The fourth-order valence-corrected chi connectivity index (χ4v) is 6.63. The number of hydrogen-bond donors (Lipinski definition) is 2. The Morgan fingerprint density at radius 1 is 1.17 bits per heavy atom. The normalized spacial score (nSPS) is 15.3. The third-order valence-electron chi connectivity index (χ3n) is 6.14. The Kier molecular flexibility index (Phi) is 6.59. The van der Waals surface area contributed by atoms with Crippen LogP contribution in [0.25, 0.3) is 10.9 Å². The zero-order valence-electron chi connectivity index (χ0n) is 19.2. The van der Waals surface area contributed by atoms with Gasteiger partial charge in [0.05, 0.1) is 24.3 Å². The van der Waals surface area contributed by atoms with Crippen molar-refractivity contribution in [2.45, 2.75) is 23.5 Å². The first kappa shape index (κ1) is 23.5. The third kappa shape index (κ3) is 4.95. The van der Waals surface area contributed by atoms with Gasteiger partial charge in [-0.05, 0) is 30.7 Å². The Balaban J connectivity index is 1.45. The van der Waals surface area contributed by atoms with Crippen molar-refractivity contribution in [1.82, 2.24) is 9.97 Å². The molecule has 0 saturated carbocycles. The fraction of sp³-hybridized carbons (Fsp3) is 0.280. The van der Waals surface area contributed by atoms with Gasteiger partial charge in [0.1, 0.15) is 10.3 Å². The summed E-state index contributed by atoms with van der Waals surface area (Å²) in [7, 11) is -3.97. The maximum absolute atomic E-state index is 13.7. The van der Waals surface area contributed by atoms with Gasteiger partial charge in [0.25, 0.3) is 0 Å². The number of aromatic nitrogens is 2. The summed E-state index contributed by atoms with van der Waals surface area (Å²) in [6.45, 7) is 4.67. The molecule has 2 aromatic heterocycles. The van der Waals surface area contributed by atoms with Gasteiger partial charge in [-0.1, -0.05) is 47.2 Å². The number of thiazole rings is 1. The summed E-state index contributed by atoms with van der Waals surface area (Å²) < 4.78 is 32.8. The van der Waals surface area contributed by atoms with Gasteiger partial charge in [-0.25, -0.2) is 13.4 Å². The zero-order chi connectivity index (χ0) is 24.4. The number of morpholine rings is 1. The Bertz CT molecular complexity index is 1440. The molecule has 2 N–H and O–H groups in total. The van der Waals surface area contributed by atoms with Crippen LogP contribution in [0.3, 0.4) is 0 Å². The predicted molar refractivity (Wildman–Crippen MR) is 138 cm³/mol. The standard InChI is InChI=1S/C25H26N4O4S2/c1-17-6-8-19(9-7-17)35(31,32)22(14-18-15-26-21-5-3-2-4-20(18)21)24(30)28-25-27-16-23(34-25)29-10-12-33-13-11-29/h2-9,15-16,22,26H,10-14H2,1H3,(H,27,28,30). The molecule has 1 aliphatic rings. The second kappa shape index (κ2) is 9.80. The van der Waals surface area contributed by atoms with E-state index in [1.54, 1.807) is 36.7 Å². The van der Waals surface area contributed by atoms with Gasteiger partial charge in [0.2, 0.25) is 5.91 Å². The molecule has 1 fully saturated rings. The number of hydrogen-bond acceptors (Lipinski definition) is 7. The molecule has 10 heteroatoms. The number of sulfone groups is 1. The lowest BCUT2D eigenvalue weighted by Crippen LogP contribution is -2.37. The van der Waals surface area contributed by atoms with Gasteiger partial charge < -0.3 is 19.9 Å². The number of aryl methyl sites for hydroxylation is 1. The maximum Gasteiger partial charge on any atom is 0.245 e. The quantitative estimate of drug-likeness (QED) is 0.392. The minimum atomic E-state index is -3.97. The number of ether oxygens (including phenoxy) is 1. The Morgan fingerprint density at radius 2 is 1.91 bits per heavy atom. The average molecular weight is 511 g/mol. The number of aromatic amines is 1. The molecule has 4 aromatic rings. The van der Waals surface area contributed by atoms with Crippen molar-refractivity contribution >= 4 is 48.1 Å². The fourth-order valence-electron chi connectivity index (χ4n) is 4.17. The number of nitrogens with one attached hydrogen (secondary N) is 2. The second-order valence-electron chi connectivity index (χ2n) is 8.50. The smallest absolute Gasteiger partial charge is 0.245 e. The molecule has 1 amide bonds. The molecule has 1 atom stereocenters. The summed E-state index contributed by atoms with van der Waals surface area (Å²) >= 11 is 1.33. The van der Waals surface area contributed by atoms with Gasteiger partial charge in [-0.2, -0.15) is 0 Å². The Labute approximate surface area is 207 Å². The molecule has 35 heavy (non-hydrogen) atoms. The largest absolute Gasteiger partial charge is 0.378 e. The summed E-state index contributed by atoms with van der Waals surface area (Å²) in [5.74, 6) is -0.598. The number of amides is 1. The average Bonchev–Trinajstić information content (AvgIpc) is 3.50. The summed E-state index contributed by atoms with van der Waals surface area (Å²) in [4.78, 5) is 23.2. The van der Waals surface area contributed by atoms with Crippen molar-refractivity contribution in [2.75, 3.05) is 36.5 Å². The van der Waals surface area contributed by atoms with E-state index in [1.165, 1.54) is 11.3 Å². The maximum atomic E-state index is 13.7. The molecule has 1 saturated heterocycles. The lowest BCUT2D eigenvalue weighted by molar-refractivity contribution is -0.115. The number of nitrogens with zero attached hydrogens (tertiary/aromatic N) is 2. The zero-order valence-corrected chi connectivity index (χ0v) is 20.9. The highest BCUT2D eigenvalue weighted by Crippen LogP contribution is 2.30. The second-order valence-corrected chi connectivity index (χ2v) is 11.6. The summed E-state index contributed by atoms with van der Waals surface area (Å²) in [5.41, 5.74) is 2.61. The molecular formula is C25H26N4O4S2. The number of anilines is 2. The van der Waals surface area contributed by atoms with Crippen molar-refractivity contribution < 1.29 is 17.9 Å². The van der Waals surface area contributed by atoms with Crippen LogP contribution >= 0.6 is 11.3 Å². The van der Waals surface area contributed by atoms with E-state index >= 15 is 0 Å². The lowest BCUT2D eigenvalue weighted by atomic mass is 10.1. The first-order valence-corrected chi connectivity index (χ1v) is 13.7. The third-order valence-corrected chi connectivity index (χ3v) is 9.18. The van der Waals surface area contributed by atoms with E-state index in [9.17, 15) is 13.2 Å². The predicted octanol–water partition coefficient (Wildman–Crippen LogP) is 3.79. The van der Waals surface area contributed by atoms with Crippen LogP contribution in [-0.2, 0) is 25.8 Å². The SMILES string of the molecule is Cc1ccc(S(=O)(=O)C(Cc2c[nH]c3ccccc23)C(=O)Nc2ncc(N3CCOCC3)s2)cc1. The van der Waals surface area contributed by atoms with E-state index in [2.05, 4.69) is 20.2 Å². The molecule has 1 aliphatic heterocycles. The van der Waals surface area contributed by atoms with Crippen LogP contribution in [-0.4, -0.2) is 55.8 Å². The summed E-state index contributed by atoms with van der Waals surface area (Å²) in [5, 5.41) is 3.64. The van der Waals surface area contributed by atoms with E-state index in [4.69, 9.17) is 4.74 Å². The highest BCUT2D eigenvalue weighted by Gasteiger charge is 2.35. The molecule has 0 bridgehead atoms. The van der Waals surface area contributed by atoms with Crippen molar-refractivity contribution in [3.63, 3.8) is 0 Å². The van der Waals surface area contributed by atoms with Crippen LogP contribution < -0.4 is 10.2 Å². The van der Waals surface area contributed by atoms with E-state index < -0.39 is 21.0 Å². The lowest BCUT2D eigenvalue weighted by Gasteiger charge is -2.26. The topological polar surface area (TPSA) is 104 Å². The Morgan fingerprint density at radius 3 is 2.69 bits per heavy atom. The van der Waals surface area contributed by atoms with Gasteiger partial charge in [-0.3, -0.25) is 4.79 Å². The number of benzene rings is 2.